The topological polar surface area (TPSA) is 68.7 Å². The Kier molecular flexibility index (Phi) is 7.17. The number of fused-ring (bicyclic) bond motifs is 1. The maximum absolute atomic E-state index is 11.5. The largest absolute Gasteiger partial charge is 0.478 e. The molecular weight excluding hydrogens is 424 g/mol. The van der Waals surface area contributed by atoms with Crippen LogP contribution in [-0.4, -0.2) is 48.1 Å². The molecule has 3 aromatic rings. The van der Waals surface area contributed by atoms with Crippen LogP contribution in [-0.2, 0) is 12.8 Å². The van der Waals surface area contributed by atoms with Crippen LogP contribution in [0, 0.1) is 5.92 Å². The standard InChI is InChI=1S/C28H34N4O2/c1-19(2)15-20-5-7-22(8-6-20)32(4)23-9-10-24-21(16-23)12-14-31(3)27(24)18-30-26-17-29-13-11-25(26)28(33)34/h5-11,13,16-17,19,27,30H,12,14-15,18H2,1-4H3,(H,33,34)/t27-/m1/s1. The van der Waals surface area contributed by atoms with Crippen molar-refractivity contribution in [2.45, 2.75) is 32.7 Å². The van der Waals surface area contributed by atoms with Crippen LogP contribution < -0.4 is 10.2 Å². The Bertz CT molecular complexity index is 1140. The van der Waals surface area contributed by atoms with Crippen LogP contribution in [0.1, 0.15) is 46.9 Å². The number of carboxylic acid groups (broad SMARTS) is 1. The van der Waals surface area contributed by atoms with Gasteiger partial charge in [0.15, 0.2) is 0 Å². The number of hydrogen-bond acceptors (Lipinski definition) is 5. The number of nitrogens with one attached hydrogen (secondary N) is 1. The van der Waals surface area contributed by atoms with Crippen molar-refractivity contribution in [1.29, 1.82) is 0 Å². The minimum atomic E-state index is -0.952. The number of likely N-dealkylation sites (N-methyl/N-ethyl adjacent to an activating group) is 1. The lowest BCUT2D eigenvalue weighted by molar-refractivity contribution is 0.0697. The van der Waals surface area contributed by atoms with Crippen molar-refractivity contribution < 1.29 is 9.90 Å². The molecule has 0 radical (unpaired) electrons. The number of hydrogen-bond donors (Lipinski definition) is 2. The highest BCUT2D eigenvalue weighted by Crippen LogP contribution is 2.34. The lowest BCUT2D eigenvalue weighted by Gasteiger charge is -2.36. The van der Waals surface area contributed by atoms with Crippen molar-refractivity contribution in [3.05, 3.63) is 83.2 Å². The first-order chi connectivity index (χ1) is 16.3. The average molecular weight is 459 g/mol. The predicted octanol–water partition coefficient (Wildman–Crippen LogP) is 5.39. The second-order valence-electron chi connectivity index (χ2n) is 9.56. The SMILES string of the molecule is CC(C)Cc1ccc(N(C)c2ccc3c(c2)CCN(C)[C@@H]3CNc2cnccc2C(=O)O)cc1. The molecule has 2 heterocycles. The summed E-state index contributed by atoms with van der Waals surface area (Å²) >= 11 is 0. The third kappa shape index (κ3) is 5.23. The number of rotatable bonds is 8. The van der Waals surface area contributed by atoms with Crippen LogP contribution in [0.15, 0.2) is 60.9 Å². The minimum absolute atomic E-state index is 0.153. The molecule has 0 saturated heterocycles. The molecule has 0 bridgehead atoms. The molecule has 0 spiro atoms. The number of carboxylic acids is 1. The number of nitrogens with zero attached hydrogens (tertiary/aromatic N) is 3. The van der Waals surface area contributed by atoms with Gasteiger partial charge in [0.25, 0.3) is 0 Å². The van der Waals surface area contributed by atoms with Gasteiger partial charge in [-0.2, -0.15) is 0 Å². The molecular formula is C28H34N4O2. The number of aromatic nitrogens is 1. The van der Waals surface area contributed by atoms with Gasteiger partial charge in [0, 0.05) is 37.7 Å². The van der Waals surface area contributed by atoms with Gasteiger partial charge >= 0.3 is 5.97 Å². The molecule has 2 aromatic carbocycles. The zero-order valence-corrected chi connectivity index (χ0v) is 20.5. The van der Waals surface area contributed by atoms with Crippen molar-refractivity contribution in [2.75, 3.05) is 37.4 Å². The molecule has 6 heteroatoms. The van der Waals surface area contributed by atoms with Crippen molar-refractivity contribution in [3.8, 4) is 0 Å². The van der Waals surface area contributed by atoms with E-state index in [1.165, 1.54) is 40.3 Å². The highest BCUT2D eigenvalue weighted by Gasteiger charge is 2.25. The van der Waals surface area contributed by atoms with E-state index in [0.29, 0.717) is 18.2 Å². The van der Waals surface area contributed by atoms with Crippen molar-refractivity contribution in [1.82, 2.24) is 9.88 Å². The van der Waals surface area contributed by atoms with Gasteiger partial charge < -0.3 is 15.3 Å². The molecule has 0 unspecified atom stereocenters. The van der Waals surface area contributed by atoms with E-state index in [1.807, 2.05) is 0 Å². The van der Waals surface area contributed by atoms with E-state index < -0.39 is 5.97 Å². The fraction of sp³-hybridized carbons (Fsp3) is 0.357. The smallest absolute Gasteiger partial charge is 0.337 e. The lowest BCUT2D eigenvalue weighted by Crippen LogP contribution is -2.36. The fourth-order valence-corrected chi connectivity index (χ4v) is 4.70. The Morgan fingerprint density at radius 1 is 1.18 bits per heavy atom. The van der Waals surface area contributed by atoms with Gasteiger partial charge in [-0.3, -0.25) is 9.88 Å². The monoisotopic (exact) mass is 458 g/mol. The Morgan fingerprint density at radius 3 is 2.62 bits per heavy atom. The lowest BCUT2D eigenvalue weighted by atomic mass is 9.92. The summed E-state index contributed by atoms with van der Waals surface area (Å²) in [5.74, 6) is -0.300. The third-order valence-electron chi connectivity index (χ3n) is 6.64. The van der Waals surface area contributed by atoms with E-state index in [1.54, 1.807) is 6.20 Å². The summed E-state index contributed by atoms with van der Waals surface area (Å²) < 4.78 is 0. The molecule has 34 heavy (non-hydrogen) atoms. The van der Waals surface area contributed by atoms with E-state index in [0.717, 1.165) is 19.4 Å². The Balaban J connectivity index is 1.52. The molecule has 6 nitrogen and oxygen atoms in total. The minimum Gasteiger partial charge on any atom is -0.478 e. The first-order valence-electron chi connectivity index (χ1n) is 11.9. The molecule has 0 aliphatic carbocycles. The summed E-state index contributed by atoms with van der Waals surface area (Å²) in [4.78, 5) is 20.2. The molecule has 0 fully saturated rings. The van der Waals surface area contributed by atoms with Crippen LogP contribution in [0.3, 0.4) is 0 Å². The van der Waals surface area contributed by atoms with E-state index in [9.17, 15) is 9.90 Å². The third-order valence-corrected chi connectivity index (χ3v) is 6.64. The number of pyridine rings is 1. The van der Waals surface area contributed by atoms with Crippen LogP contribution in [0.25, 0.3) is 0 Å². The van der Waals surface area contributed by atoms with Crippen LogP contribution in [0.4, 0.5) is 17.1 Å². The summed E-state index contributed by atoms with van der Waals surface area (Å²) in [5, 5.41) is 12.8. The van der Waals surface area contributed by atoms with Crippen molar-refractivity contribution in [3.63, 3.8) is 0 Å². The highest BCUT2D eigenvalue weighted by atomic mass is 16.4. The van der Waals surface area contributed by atoms with E-state index in [-0.39, 0.29) is 11.6 Å². The Hall–Kier alpha value is -3.38. The molecule has 178 valence electrons. The number of benzene rings is 2. The van der Waals surface area contributed by atoms with Gasteiger partial charge in [-0.15, -0.1) is 0 Å². The van der Waals surface area contributed by atoms with Crippen LogP contribution in [0.5, 0.6) is 0 Å². The van der Waals surface area contributed by atoms with Crippen LogP contribution in [0.2, 0.25) is 0 Å². The number of aromatic carboxylic acids is 1. The number of anilines is 3. The second-order valence-corrected chi connectivity index (χ2v) is 9.56. The van der Waals surface area contributed by atoms with E-state index in [4.69, 9.17) is 0 Å². The normalized spacial score (nSPS) is 15.7. The van der Waals surface area contributed by atoms with Crippen LogP contribution >= 0.6 is 0 Å². The zero-order valence-electron chi connectivity index (χ0n) is 20.5. The summed E-state index contributed by atoms with van der Waals surface area (Å²) in [6.45, 7) is 6.06. The molecule has 1 aliphatic rings. The summed E-state index contributed by atoms with van der Waals surface area (Å²) in [6.07, 6.45) is 5.17. The highest BCUT2D eigenvalue weighted by molar-refractivity contribution is 5.93. The Labute approximate surface area is 202 Å². The zero-order chi connectivity index (χ0) is 24.2. The molecule has 1 aliphatic heterocycles. The average Bonchev–Trinajstić information content (AvgIpc) is 2.83. The quantitative estimate of drug-likeness (QED) is 0.472. The molecule has 0 amide bonds. The van der Waals surface area contributed by atoms with Gasteiger partial charge in [0.05, 0.1) is 23.5 Å². The van der Waals surface area contributed by atoms with Gasteiger partial charge in [-0.05, 0) is 72.8 Å². The van der Waals surface area contributed by atoms with Gasteiger partial charge in [-0.25, -0.2) is 4.79 Å². The van der Waals surface area contributed by atoms with E-state index >= 15 is 0 Å². The summed E-state index contributed by atoms with van der Waals surface area (Å²) in [5.41, 5.74) is 7.14. The van der Waals surface area contributed by atoms with Gasteiger partial charge in [-0.1, -0.05) is 32.0 Å². The fourth-order valence-electron chi connectivity index (χ4n) is 4.70. The summed E-state index contributed by atoms with van der Waals surface area (Å²) in [6, 6.07) is 17.2. The Morgan fingerprint density at radius 2 is 1.91 bits per heavy atom. The molecule has 1 aromatic heterocycles. The molecule has 1 atom stereocenters. The van der Waals surface area contributed by atoms with Gasteiger partial charge in [0.2, 0.25) is 0 Å². The van der Waals surface area contributed by atoms with Crippen molar-refractivity contribution in [2.24, 2.45) is 5.92 Å². The van der Waals surface area contributed by atoms with Gasteiger partial charge in [0.1, 0.15) is 0 Å². The molecule has 2 N–H and O–H groups in total. The van der Waals surface area contributed by atoms with E-state index in [2.05, 4.69) is 90.5 Å². The second kappa shape index (κ2) is 10.3. The first-order valence-corrected chi connectivity index (χ1v) is 11.9. The molecule has 0 saturated carbocycles. The summed E-state index contributed by atoms with van der Waals surface area (Å²) in [7, 11) is 4.23. The van der Waals surface area contributed by atoms with Crippen molar-refractivity contribution >= 4 is 23.0 Å². The number of carbonyl (C=O) groups is 1. The maximum Gasteiger partial charge on any atom is 0.337 e. The predicted molar refractivity (Wildman–Crippen MR) is 138 cm³/mol. The maximum atomic E-state index is 11.5. The molecule has 4 rings (SSSR count). The first kappa shape index (κ1) is 23.8.